The van der Waals surface area contributed by atoms with Crippen molar-refractivity contribution in [2.24, 2.45) is 0 Å². The van der Waals surface area contributed by atoms with Crippen LogP contribution >= 0.6 is 0 Å². The Balaban J connectivity index is 1.36. The number of hydrogen-bond acceptors (Lipinski definition) is 5. The first-order chi connectivity index (χ1) is 14.7. The lowest BCUT2D eigenvalue weighted by Crippen LogP contribution is -2.48. The van der Waals surface area contributed by atoms with Crippen LogP contribution in [0.4, 0.5) is 5.82 Å². The van der Waals surface area contributed by atoms with E-state index in [2.05, 4.69) is 63.6 Å². The molecule has 6 heteroatoms. The fourth-order valence-corrected chi connectivity index (χ4v) is 4.88. The third-order valence-electron chi connectivity index (χ3n) is 7.07. The van der Waals surface area contributed by atoms with E-state index < -0.39 is 0 Å². The third kappa shape index (κ3) is 4.86. The first-order valence-electron chi connectivity index (χ1n) is 11.9. The molecule has 6 nitrogen and oxygen atoms in total. The predicted octanol–water partition coefficient (Wildman–Crippen LogP) is 3.81. The number of pyridine rings is 1. The van der Waals surface area contributed by atoms with Gasteiger partial charge in [-0.1, -0.05) is 19.9 Å². The van der Waals surface area contributed by atoms with Crippen LogP contribution in [0.25, 0.3) is 11.5 Å². The summed E-state index contributed by atoms with van der Waals surface area (Å²) in [5.41, 5.74) is 2.09. The SMILES string of the molecule is CCc1cnc(-c2cccc(N3CCCN(C4CCN(C(C)CC)CC4)CC3)n2)[nH]1. The molecule has 0 bridgehead atoms. The van der Waals surface area contributed by atoms with Crippen LogP contribution in [0.5, 0.6) is 0 Å². The largest absolute Gasteiger partial charge is 0.355 e. The van der Waals surface area contributed by atoms with Crippen LogP contribution in [-0.2, 0) is 6.42 Å². The molecule has 1 unspecified atom stereocenters. The molecule has 1 N–H and O–H groups in total. The normalized spacial score (nSPS) is 21.0. The Bertz CT molecular complexity index is 794. The maximum absolute atomic E-state index is 4.94. The minimum Gasteiger partial charge on any atom is -0.355 e. The molecule has 0 spiro atoms. The summed E-state index contributed by atoms with van der Waals surface area (Å²) in [6.07, 6.45) is 7.98. The van der Waals surface area contributed by atoms with Crippen molar-refractivity contribution in [2.75, 3.05) is 44.2 Å². The van der Waals surface area contributed by atoms with Crippen LogP contribution in [0.15, 0.2) is 24.4 Å². The molecule has 0 aromatic carbocycles. The zero-order valence-electron chi connectivity index (χ0n) is 19.0. The van der Waals surface area contributed by atoms with Crippen LogP contribution < -0.4 is 4.90 Å². The zero-order chi connectivity index (χ0) is 20.9. The van der Waals surface area contributed by atoms with Gasteiger partial charge >= 0.3 is 0 Å². The lowest BCUT2D eigenvalue weighted by Gasteiger charge is -2.40. The van der Waals surface area contributed by atoms with E-state index in [1.54, 1.807) is 0 Å². The minimum atomic E-state index is 0.728. The molecule has 0 saturated carbocycles. The molecule has 30 heavy (non-hydrogen) atoms. The Morgan fingerprint density at radius 3 is 2.63 bits per heavy atom. The highest BCUT2D eigenvalue weighted by atomic mass is 15.3. The first-order valence-corrected chi connectivity index (χ1v) is 11.9. The summed E-state index contributed by atoms with van der Waals surface area (Å²) in [5, 5.41) is 0. The van der Waals surface area contributed by atoms with Crippen LogP contribution in [-0.4, -0.2) is 76.1 Å². The maximum atomic E-state index is 4.94. The number of nitrogens with one attached hydrogen (secondary N) is 1. The van der Waals surface area contributed by atoms with Gasteiger partial charge < -0.3 is 14.8 Å². The van der Waals surface area contributed by atoms with E-state index in [0.717, 1.165) is 61.2 Å². The zero-order valence-corrected chi connectivity index (χ0v) is 19.0. The van der Waals surface area contributed by atoms with Gasteiger partial charge in [-0.05, 0) is 64.3 Å². The molecule has 4 rings (SSSR count). The monoisotopic (exact) mass is 410 g/mol. The molecule has 164 valence electrons. The highest BCUT2D eigenvalue weighted by Crippen LogP contribution is 2.23. The molecule has 0 aliphatic carbocycles. The van der Waals surface area contributed by atoms with Crippen LogP contribution in [0, 0.1) is 0 Å². The highest BCUT2D eigenvalue weighted by Gasteiger charge is 2.27. The highest BCUT2D eigenvalue weighted by molar-refractivity contribution is 5.54. The summed E-state index contributed by atoms with van der Waals surface area (Å²) < 4.78 is 0. The fourth-order valence-electron chi connectivity index (χ4n) is 4.88. The average Bonchev–Trinajstić information content (AvgIpc) is 3.15. The van der Waals surface area contributed by atoms with Crippen molar-refractivity contribution in [2.45, 2.75) is 65.0 Å². The maximum Gasteiger partial charge on any atom is 0.156 e. The second-order valence-corrected chi connectivity index (χ2v) is 8.89. The van der Waals surface area contributed by atoms with Gasteiger partial charge in [0.2, 0.25) is 0 Å². The van der Waals surface area contributed by atoms with E-state index in [1.807, 2.05) is 6.20 Å². The molecule has 0 amide bonds. The summed E-state index contributed by atoms with van der Waals surface area (Å²) in [4.78, 5) is 20.7. The molecular weight excluding hydrogens is 372 g/mol. The Morgan fingerprint density at radius 2 is 1.90 bits per heavy atom. The number of H-pyrrole nitrogens is 1. The van der Waals surface area contributed by atoms with Crippen molar-refractivity contribution < 1.29 is 0 Å². The number of aromatic amines is 1. The van der Waals surface area contributed by atoms with E-state index >= 15 is 0 Å². The number of nitrogens with zero attached hydrogens (tertiary/aromatic N) is 5. The van der Waals surface area contributed by atoms with Crippen molar-refractivity contribution >= 4 is 5.82 Å². The molecule has 2 aromatic rings. The second-order valence-electron chi connectivity index (χ2n) is 8.89. The van der Waals surface area contributed by atoms with Crippen molar-refractivity contribution in [3.63, 3.8) is 0 Å². The van der Waals surface area contributed by atoms with Crippen molar-refractivity contribution in [3.8, 4) is 11.5 Å². The van der Waals surface area contributed by atoms with E-state index in [0.29, 0.717) is 0 Å². The second kappa shape index (κ2) is 9.92. The van der Waals surface area contributed by atoms with Gasteiger partial charge in [-0.25, -0.2) is 9.97 Å². The van der Waals surface area contributed by atoms with Gasteiger partial charge in [0.25, 0.3) is 0 Å². The van der Waals surface area contributed by atoms with Crippen molar-refractivity contribution in [1.82, 2.24) is 24.8 Å². The van der Waals surface area contributed by atoms with Crippen LogP contribution in [0.1, 0.15) is 52.1 Å². The van der Waals surface area contributed by atoms with Crippen molar-refractivity contribution in [3.05, 3.63) is 30.1 Å². The van der Waals surface area contributed by atoms with E-state index in [-0.39, 0.29) is 0 Å². The number of hydrogen-bond donors (Lipinski definition) is 1. The number of likely N-dealkylation sites (tertiary alicyclic amines) is 1. The lowest BCUT2D eigenvalue weighted by molar-refractivity contribution is 0.0906. The Kier molecular flexibility index (Phi) is 7.05. The van der Waals surface area contributed by atoms with Gasteiger partial charge in [-0.2, -0.15) is 0 Å². The summed E-state index contributed by atoms with van der Waals surface area (Å²) in [7, 11) is 0. The Morgan fingerprint density at radius 1 is 1.07 bits per heavy atom. The number of rotatable bonds is 6. The van der Waals surface area contributed by atoms with Crippen LogP contribution in [0.2, 0.25) is 0 Å². The topological polar surface area (TPSA) is 51.3 Å². The van der Waals surface area contributed by atoms with Gasteiger partial charge in [0, 0.05) is 50.2 Å². The molecular formula is C24H38N6. The van der Waals surface area contributed by atoms with Gasteiger partial charge in [-0.3, -0.25) is 4.90 Å². The van der Waals surface area contributed by atoms with Gasteiger partial charge in [-0.15, -0.1) is 0 Å². The van der Waals surface area contributed by atoms with Gasteiger partial charge in [0.15, 0.2) is 5.82 Å². The number of imidazole rings is 1. The molecule has 2 aromatic heterocycles. The number of aryl methyl sites for hydroxylation is 1. The van der Waals surface area contributed by atoms with Gasteiger partial charge in [0.05, 0.1) is 0 Å². The molecule has 2 aliphatic rings. The number of anilines is 1. The van der Waals surface area contributed by atoms with E-state index in [9.17, 15) is 0 Å². The quantitative estimate of drug-likeness (QED) is 0.785. The first kappa shape index (κ1) is 21.3. The standard InChI is InChI=1S/C24H38N6/c1-4-19(3)28-14-10-21(11-15-28)29-12-7-13-30(17-16-29)23-9-6-8-22(27-23)24-25-18-20(5-2)26-24/h6,8-9,18-19,21H,4-5,7,10-17H2,1-3H3,(H,25,26). The number of aromatic nitrogens is 3. The smallest absolute Gasteiger partial charge is 0.156 e. The Labute approximate surface area is 181 Å². The number of piperidine rings is 1. The minimum absolute atomic E-state index is 0.728. The molecule has 0 radical (unpaired) electrons. The molecule has 2 saturated heterocycles. The van der Waals surface area contributed by atoms with E-state index in [4.69, 9.17) is 4.98 Å². The predicted molar refractivity (Wildman–Crippen MR) is 124 cm³/mol. The van der Waals surface area contributed by atoms with E-state index in [1.165, 1.54) is 45.3 Å². The third-order valence-corrected chi connectivity index (χ3v) is 7.07. The van der Waals surface area contributed by atoms with Gasteiger partial charge in [0.1, 0.15) is 11.5 Å². The molecule has 2 aliphatic heterocycles. The van der Waals surface area contributed by atoms with Crippen molar-refractivity contribution in [1.29, 1.82) is 0 Å². The van der Waals surface area contributed by atoms with Crippen LogP contribution in [0.3, 0.4) is 0 Å². The molecule has 4 heterocycles. The summed E-state index contributed by atoms with van der Waals surface area (Å²) in [6, 6.07) is 7.79. The summed E-state index contributed by atoms with van der Waals surface area (Å²) >= 11 is 0. The summed E-state index contributed by atoms with van der Waals surface area (Å²) in [6.45, 7) is 13.8. The fraction of sp³-hybridized carbons (Fsp3) is 0.667. The lowest BCUT2D eigenvalue weighted by atomic mass is 10.0. The summed E-state index contributed by atoms with van der Waals surface area (Å²) in [5.74, 6) is 1.95. The molecule has 2 fully saturated rings. The Hall–Kier alpha value is -1.92. The average molecular weight is 411 g/mol. The molecule has 1 atom stereocenters.